The minimum atomic E-state index is -0.501. The third kappa shape index (κ3) is 5.93. The molecular weight excluding hydrogens is 310 g/mol. The maximum atomic E-state index is 12.3. The van der Waals surface area contributed by atoms with Crippen LogP contribution in [0.15, 0.2) is 48.5 Å². The van der Waals surface area contributed by atoms with Crippen molar-refractivity contribution in [3.63, 3.8) is 0 Å². The van der Waals surface area contributed by atoms with Crippen LogP contribution in [-0.4, -0.2) is 18.6 Å². The van der Waals surface area contributed by atoms with Gasteiger partial charge in [-0.15, -0.1) is 0 Å². The first-order chi connectivity index (χ1) is 12.0. The van der Waals surface area contributed by atoms with Gasteiger partial charge in [0, 0.05) is 6.54 Å². The Morgan fingerprint density at radius 3 is 2.56 bits per heavy atom. The average Bonchev–Trinajstić information content (AvgIpc) is 2.59. The monoisotopic (exact) mass is 339 g/mol. The van der Waals surface area contributed by atoms with Crippen LogP contribution in [0.3, 0.4) is 0 Å². The largest absolute Gasteiger partial charge is 0.481 e. The molecular formula is C22H29NO2. The fourth-order valence-electron chi connectivity index (χ4n) is 2.82. The summed E-state index contributed by atoms with van der Waals surface area (Å²) in [4.78, 5) is 12.3. The van der Waals surface area contributed by atoms with Crippen molar-refractivity contribution in [3.8, 4) is 5.75 Å². The molecule has 2 aromatic rings. The number of aryl methyl sites for hydroxylation is 2. The lowest BCUT2D eigenvalue weighted by Gasteiger charge is -2.18. The lowest BCUT2D eigenvalue weighted by Crippen LogP contribution is -2.37. The van der Waals surface area contributed by atoms with Crippen molar-refractivity contribution in [2.75, 3.05) is 6.54 Å². The molecule has 0 aliphatic rings. The summed E-state index contributed by atoms with van der Waals surface area (Å²) < 4.78 is 5.89. The molecule has 2 aromatic carbocycles. The third-order valence-electron chi connectivity index (χ3n) is 4.24. The molecule has 1 atom stereocenters. The van der Waals surface area contributed by atoms with Gasteiger partial charge >= 0.3 is 0 Å². The molecule has 3 nitrogen and oxygen atoms in total. The second kappa shape index (κ2) is 9.26. The number of amides is 1. The van der Waals surface area contributed by atoms with Gasteiger partial charge in [0.2, 0.25) is 0 Å². The summed E-state index contributed by atoms with van der Waals surface area (Å²) in [6.45, 7) is 8.80. The Bertz CT molecular complexity index is 694. The normalized spacial score (nSPS) is 12.0. The molecule has 134 valence electrons. The Hall–Kier alpha value is -2.29. The summed E-state index contributed by atoms with van der Waals surface area (Å²) in [5.41, 5.74) is 3.71. The third-order valence-corrected chi connectivity index (χ3v) is 4.24. The van der Waals surface area contributed by atoms with E-state index in [1.807, 2.05) is 24.3 Å². The number of nitrogens with one attached hydrogen (secondary N) is 1. The Morgan fingerprint density at radius 1 is 1.08 bits per heavy atom. The van der Waals surface area contributed by atoms with Crippen LogP contribution >= 0.6 is 0 Å². The zero-order chi connectivity index (χ0) is 18.2. The van der Waals surface area contributed by atoms with Crippen LogP contribution in [0.25, 0.3) is 0 Å². The van der Waals surface area contributed by atoms with Gasteiger partial charge < -0.3 is 10.1 Å². The smallest absolute Gasteiger partial charge is 0.260 e. The number of hydrogen-bond acceptors (Lipinski definition) is 2. The molecule has 0 aliphatic carbocycles. The molecule has 25 heavy (non-hydrogen) atoms. The number of para-hydroxylation sites is 1. The molecule has 0 spiro atoms. The number of benzene rings is 2. The van der Waals surface area contributed by atoms with E-state index in [0.29, 0.717) is 12.5 Å². The zero-order valence-electron chi connectivity index (χ0n) is 15.7. The number of carbonyl (C=O) groups excluding carboxylic acids is 1. The SMILES string of the molecule is Cc1cccc(CCCNC(=O)[C@H](C)Oc2ccccc2C(C)C)c1. The Balaban J connectivity index is 1.79. The van der Waals surface area contributed by atoms with Gasteiger partial charge in [0.25, 0.3) is 5.91 Å². The lowest BCUT2D eigenvalue weighted by molar-refractivity contribution is -0.127. The molecule has 3 heteroatoms. The maximum absolute atomic E-state index is 12.3. The van der Waals surface area contributed by atoms with E-state index in [4.69, 9.17) is 4.74 Å². The standard InChI is InChI=1S/C22H29NO2/c1-16(2)20-12-5-6-13-21(20)25-18(4)22(24)23-14-8-11-19-10-7-9-17(3)15-19/h5-7,9-10,12-13,15-16,18H,8,11,14H2,1-4H3,(H,23,24)/t18-/m0/s1. The molecule has 0 unspecified atom stereocenters. The summed E-state index contributed by atoms with van der Waals surface area (Å²) in [7, 11) is 0. The maximum Gasteiger partial charge on any atom is 0.260 e. The molecule has 0 aliphatic heterocycles. The topological polar surface area (TPSA) is 38.3 Å². The van der Waals surface area contributed by atoms with E-state index in [0.717, 1.165) is 24.2 Å². The van der Waals surface area contributed by atoms with Crippen LogP contribution in [0.5, 0.6) is 5.75 Å². The van der Waals surface area contributed by atoms with Crippen molar-refractivity contribution in [2.45, 2.75) is 52.6 Å². The van der Waals surface area contributed by atoms with Gasteiger partial charge in [0.05, 0.1) is 0 Å². The van der Waals surface area contributed by atoms with E-state index in [-0.39, 0.29) is 5.91 Å². The van der Waals surface area contributed by atoms with Crippen molar-refractivity contribution < 1.29 is 9.53 Å². The number of ether oxygens (including phenoxy) is 1. The van der Waals surface area contributed by atoms with Crippen molar-refractivity contribution >= 4 is 5.91 Å². The van der Waals surface area contributed by atoms with E-state index < -0.39 is 6.10 Å². The first-order valence-corrected chi connectivity index (χ1v) is 9.06. The molecule has 0 bridgehead atoms. The van der Waals surface area contributed by atoms with Gasteiger partial charge in [0.15, 0.2) is 6.10 Å². The van der Waals surface area contributed by atoms with E-state index in [1.165, 1.54) is 11.1 Å². The van der Waals surface area contributed by atoms with Crippen molar-refractivity contribution in [1.82, 2.24) is 5.32 Å². The van der Waals surface area contributed by atoms with Crippen molar-refractivity contribution in [1.29, 1.82) is 0 Å². The van der Waals surface area contributed by atoms with Crippen LogP contribution in [0, 0.1) is 6.92 Å². The summed E-state index contributed by atoms with van der Waals surface area (Å²) in [5.74, 6) is 1.09. The first-order valence-electron chi connectivity index (χ1n) is 9.06. The number of rotatable bonds is 8. The van der Waals surface area contributed by atoms with Gasteiger partial charge in [0.1, 0.15) is 5.75 Å². The highest BCUT2D eigenvalue weighted by molar-refractivity contribution is 5.80. The summed E-state index contributed by atoms with van der Waals surface area (Å²) in [6.07, 6.45) is 1.39. The second-order valence-electron chi connectivity index (χ2n) is 6.84. The van der Waals surface area contributed by atoms with E-state index >= 15 is 0 Å². The summed E-state index contributed by atoms with van der Waals surface area (Å²) >= 11 is 0. The van der Waals surface area contributed by atoms with E-state index in [1.54, 1.807) is 6.92 Å². The number of hydrogen-bond donors (Lipinski definition) is 1. The van der Waals surface area contributed by atoms with E-state index in [2.05, 4.69) is 50.4 Å². The predicted octanol–water partition coefficient (Wildman–Crippen LogP) is 4.63. The first kappa shape index (κ1) is 19.0. The molecule has 0 aromatic heterocycles. The molecule has 0 saturated heterocycles. The fourth-order valence-corrected chi connectivity index (χ4v) is 2.82. The highest BCUT2D eigenvalue weighted by atomic mass is 16.5. The van der Waals surface area contributed by atoms with Gasteiger partial charge in [-0.1, -0.05) is 61.9 Å². The Labute approximate surface area is 151 Å². The summed E-state index contributed by atoms with van der Waals surface area (Å²) in [5, 5.41) is 2.97. The molecule has 2 rings (SSSR count). The van der Waals surface area contributed by atoms with Crippen molar-refractivity contribution in [3.05, 3.63) is 65.2 Å². The lowest BCUT2D eigenvalue weighted by atomic mass is 10.0. The molecule has 0 heterocycles. The minimum absolute atomic E-state index is 0.0669. The Morgan fingerprint density at radius 2 is 1.84 bits per heavy atom. The van der Waals surface area contributed by atoms with Gasteiger partial charge in [-0.2, -0.15) is 0 Å². The zero-order valence-corrected chi connectivity index (χ0v) is 15.7. The summed E-state index contributed by atoms with van der Waals surface area (Å²) in [6, 6.07) is 16.4. The highest BCUT2D eigenvalue weighted by Gasteiger charge is 2.16. The van der Waals surface area contributed by atoms with Crippen LogP contribution in [0.1, 0.15) is 49.8 Å². The number of carbonyl (C=O) groups is 1. The molecule has 1 amide bonds. The second-order valence-corrected chi connectivity index (χ2v) is 6.84. The minimum Gasteiger partial charge on any atom is -0.481 e. The molecule has 0 radical (unpaired) electrons. The van der Waals surface area contributed by atoms with Crippen LogP contribution < -0.4 is 10.1 Å². The van der Waals surface area contributed by atoms with Crippen LogP contribution in [0.2, 0.25) is 0 Å². The molecule has 0 saturated carbocycles. The van der Waals surface area contributed by atoms with Crippen LogP contribution in [-0.2, 0) is 11.2 Å². The highest BCUT2D eigenvalue weighted by Crippen LogP contribution is 2.26. The predicted molar refractivity (Wildman–Crippen MR) is 103 cm³/mol. The van der Waals surface area contributed by atoms with Gasteiger partial charge in [-0.3, -0.25) is 4.79 Å². The quantitative estimate of drug-likeness (QED) is 0.712. The Kier molecular flexibility index (Phi) is 7.05. The molecule has 0 fully saturated rings. The van der Waals surface area contributed by atoms with Gasteiger partial charge in [-0.25, -0.2) is 0 Å². The van der Waals surface area contributed by atoms with Gasteiger partial charge in [-0.05, 0) is 49.8 Å². The fraction of sp³-hybridized carbons (Fsp3) is 0.409. The molecule has 1 N–H and O–H groups in total. The van der Waals surface area contributed by atoms with Crippen molar-refractivity contribution in [2.24, 2.45) is 0 Å². The average molecular weight is 339 g/mol. The van der Waals surface area contributed by atoms with E-state index in [9.17, 15) is 4.79 Å². The van der Waals surface area contributed by atoms with Crippen LogP contribution in [0.4, 0.5) is 0 Å².